The van der Waals surface area contributed by atoms with Gasteiger partial charge in [0.25, 0.3) is 0 Å². The van der Waals surface area contributed by atoms with Crippen LogP contribution in [0.25, 0.3) is 0 Å². The lowest BCUT2D eigenvalue weighted by Gasteiger charge is -2.39. The summed E-state index contributed by atoms with van der Waals surface area (Å²) >= 11 is 0. The van der Waals surface area contributed by atoms with Crippen LogP contribution in [0.5, 0.6) is 0 Å². The van der Waals surface area contributed by atoms with Gasteiger partial charge in [0.1, 0.15) is 12.2 Å². The molecule has 0 aromatic heterocycles. The van der Waals surface area contributed by atoms with E-state index in [9.17, 15) is 4.79 Å². The van der Waals surface area contributed by atoms with E-state index < -0.39 is 0 Å². The molecule has 106 valence electrons. The van der Waals surface area contributed by atoms with Crippen LogP contribution in [0.2, 0.25) is 0 Å². The summed E-state index contributed by atoms with van der Waals surface area (Å²) in [6, 6.07) is 0.716. The molecule has 1 aliphatic carbocycles. The lowest BCUT2D eigenvalue weighted by molar-refractivity contribution is -0.152. The largest absolute Gasteiger partial charge is 0.457 e. The van der Waals surface area contributed by atoms with Crippen LogP contribution in [0.1, 0.15) is 32.1 Å². The molecular weight excluding hydrogens is 254 g/mol. The Hall–Kier alpha value is -1.31. The first-order valence-corrected chi connectivity index (χ1v) is 7.53. The third-order valence-electron chi connectivity index (χ3n) is 5.39. The highest BCUT2D eigenvalue weighted by Gasteiger charge is 2.64. The number of aliphatic hydroxyl groups is 1. The van der Waals surface area contributed by atoms with E-state index >= 15 is 0 Å². The molecule has 0 saturated carbocycles. The number of piperidine rings is 1. The highest BCUT2D eigenvalue weighted by molar-refractivity contribution is 5.75. The smallest absolute Gasteiger partial charge is 0.307 e. The van der Waals surface area contributed by atoms with E-state index in [2.05, 4.69) is 22.8 Å². The van der Waals surface area contributed by atoms with Crippen molar-refractivity contribution in [3.8, 4) is 11.8 Å². The van der Waals surface area contributed by atoms with Gasteiger partial charge in [-0.15, -0.1) is 0 Å². The predicted octanol–water partition coefficient (Wildman–Crippen LogP) is 0.851. The minimum Gasteiger partial charge on any atom is -0.457 e. The van der Waals surface area contributed by atoms with Gasteiger partial charge in [0, 0.05) is 24.0 Å². The SMILES string of the molecule is O=C1C[C@H]2C(C#CCO)=CC3CC2(O1)C1CCCCN31. The standard InChI is InChI=1S/C16H19NO3/c18-7-3-4-11-8-12-10-16(13(11)9-15(19)20-16)14-5-1-2-6-17(12)14/h8,12-14,18H,1-2,5-7,9-10H2/t12?,13-,14?,16?/m0/s1. The fourth-order valence-electron chi connectivity index (χ4n) is 4.73. The fraction of sp³-hybridized carbons (Fsp3) is 0.688. The van der Waals surface area contributed by atoms with Gasteiger partial charge < -0.3 is 9.84 Å². The molecule has 3 aliphatic heterocycles. The van der Waals surface area contributed by atoms with Crippen molar-refractivity contribution in [1.29, 1.82) is 0 Å². The van der Waals surface area contributed by atoms with E-state index in [0.717, 1.165) is 25.0 Å². The summed E-state index contributed by atoms with van der Waals surface area (Å²) in [4.78, 5) is 14.4. The van der Waals surface area contributed by atoms with E-state index in [1.54, 1.807) is 0 Å². The van der Waals surface area contributed by atoms with Gasteiger partial charge in [-0.25, -0.2) is 0 Å². The van der Waals surface area contributed by atoms with Crippen LogP contribution in [0.4, 0.5) is 0 Å². The highest BCUT2D eigenvalue weighted by Crippen LogP contribution is 2.55. The fourth-order valence-corrected chi connectivity index (χ4v) is 4.73. The molecule has 0 aromatic carbocycles. The zero-order chi connectivity index (χ0) is 13.7. The van der Waals surface area contributed by atoms with Crippen molar-refractivity contribution < 1.29 is 14.6 Å². The van der Waals surface area contributed by atoms with Crippen molar-refractivity contribution in [3.63, 3.8) is 0 Å². The van der Waals surface area contributed by atoms with Gasteiger partial charge in [-0.1, -0.05) is 24.3 Å². The molecule has 1 N–H and O–H groups in total. The Morgan fingerprint density at radius 2 is 2.40 bits per heavy atom. The molecule has 4 atom stereocenters. The summed E-state index contributed by atoms with van der Waals surface area (Å²) in [6.45, 7) is 0.961. The van der Waals surface area contributed by atoms with Crippen LogP contribution in [-0.4, -0.2) is 46.8 Å². The number of ether oxygens (including phenoxy) is 1. The Labute approximate surface area is 118 Å². The summed E-state index contributed by atoms with van der Waals surface area (Å²) in [5.41, 5.74) is 0.673. The Bertz CT molecular complexity index is 544. The van der Waals surface area contributed by atoms with Crippen LogP contribution in [0, 0.1) is 17.8 Å². The van der Waals surface area contributed by atoms with Crippen molar-refractivity contribution in [1.82, 2.24) is 4.90 Å². The second-order valence-electron chi connectivity index (χ2n) is 6.29. The lowest BCUT2D eigenvalue weighted by Crippen LogP contribution is -2.50. The molecule has 4 aliphatic rings. The maximum absolute atomic E-state index is 11.9. The zero-order valence-electron chi connectivity index (χ0n) is 11.5. The average Bonchev–Trinajstić information content (AvgIpc) is 2.93. The molecule has 2 bridgehead atoms. The first-order valence-electron chi connectivity index (χ1n) is 7.53. The van der Waals surface area contributed by atoms with Gasteiger partial charge in [0.05, 0.1) is 12.5 Å². The third kappa shape index (κ3) is 1.54. The minimum absolute atomic E-state index is 0.0835. The van der Waals surface area contributed by atoms with Gasteiger partial charge in [-0.05, 0) is 19.4 Å². The van der Waals surface area contributed by atoms with Crippen molar-refractivity contribution in [2.75, 3.05) is 13.2 Å². The molecule has 3 fully saturated rings. The maximum atomic E-state index is 11.9. The van der Waals surface area contributed by atoms with Gasteiger partial charge in [-0.3, -0.25) is 9.69 Å². The van der Waals surface area contributed by atoms with E-state index in [0.29, 0.717) is 18.5 Å². The molecule has 4 rings (SSSR count). The average molecular weight is 273 g/mol. The van der Waals surface area contributed by atoms with Gasteiger partial charge >= 0.3 is 5.97 Å². The number of hydrogen-bond acceptors (Lipinski definition) is 4. The van der Waals surface area contributed by atoms with Crippen molar-refractivity contribution in [3.05, 3.63) is 11.6 Å². The molecule has 3 saturated heterocycles. The highest BCUT2D eigenvalue weighted by atomic mass is 16.6. The van der Waals surface area contributed by atoms with E-state index in [1.165, 1.54) is 12.8 Å². The van der Waals surface area contributed by atoms with Crippen molar-refractivity contribution in [2.24, 2.45) is 5.92 Å². The number of hydrogen-bond donors (Lipinski definition) is 1. The molecular formula is C16H19NO3. The number of esters is 1. The monoisotopic (exact) mass is 273 g/mol. The number of carbonyl (C=O) groups excluding carboxylic acids is 1. The minimum atomic E-state index is -0.337. The quantitative estimate of drug-likeness (QED) is 0.525. The predicted molar refractivity (Wildman–Crippen MR) is 72.6 cm³/mol. The summed E-state index contributed by atoms with van der Waals surface area (Å²) in [6.07, 6.45) is 7.17. The number of carbonyl (C=O) groups is 1. The molecule has 3 unspecified atom stereocenters. The second-order valence-corrected chi connectivity index (χ2v) is 6.29. The number of rotatable bonds is 0. The Morgan fingerprint density at radius 3 is 3.25 bits per heavy atom. The topological polar surface area (TPSA) is 49.8 Å². The van der Waals surface area contributed by atoms with Gasteiger partial charge in [0.2, 0.25) is 0 Å². The van der Waals surface area contributed by atoms with Crippen LogP contribution in [0.3, 0.4) is 0 Å². The Morgan fingerprint density at radius 1 is 1.50 bits per heavy atom. The number of aliphatic hydroxyl groups excluding tert-OH is 1. The molecule has 0 aromatic rings. The van der Waals surface area contributed by atoms with Crippen LogP contribution >= 0.6 is 0 Å². The Kier molecular flexibility index (Phi) is 2.70. The zero-order valence-corrected chi connectivity index (χ0v) is 11.5. The third-order valence-corrected chi connectivity index (χ3v) is 5.39. The van der Waals surface area contributed by atoms with Crippen LogP contribution in [0.15, 0.2) is 11.6 Å². The van der Waals surface area contributed by atoms with E-state index in [4.69, 9.17) is 9.84 Å². The first kappa shape index (κ1) is 12.4. The van der Waals surface area contributed by atoms with E-state index in [-0.39, 0.29) is 24.1 Å². The number of nitrogens with zero attached hydrogens (tertiary/aromatic N) is 1. The van der Waals surface area contributed by atoms with Crippen LogP contribution in [-0.2, 0) is 9.53 Å². The summed E-state index contributed by atoms with van der Waals surface area (Å²) in [7, 11) is 0. The summed E-state index contributed by atoms with van der Waals surface area (Å²) in [5, 5.41) is 8.93. The summed E-state index contributed by atoms with van der Waals surface area (Å²) < 4.78 is 5.87. The molecule has 4 nitrogen and oxygen atoms in total. The van der Waals surface area contributed by atoms with Gasteiger partial charge in [-0.2, -0.15) is 0 Å². The lowest BCUT2D eigenvalue weighted by atomic mass is 9.72. The van der Waals surface area contributed by atoms with Crippen LogP contribution < -0.4 is 0 Å². The molecule has 1 spiro atoms. The summed E-state index contributed by atoms with van der Waals surface area (Å²) in [5.74, 6) is 5.83. The molecule has 20 heavy (non-hydrogen) atoms. The van der Waals surface area contributed by atoms with E-state index in [1.807, 2.05) is 0 Å². The van der Waals surface area contributed by atoms with Gasteiger partial charge in [0.15, 0.2) is 0 Å². The molecule has 0 radical (unpaired) electrons. The Balaban J connectivity index is 1.78. The van der Waals surface area contributed by atoms with Crippen molar-refractivity contribution in [2.45, 2.75) is 49.8 Å². The first-order chi connectivity index (χ1) is 9.74. The molecule has 3 heterocycles. The molecule has 4 heteroatoms. The normalized spacial score (nSPS) is 42.1. The molecule has 0 amide bonds. The second kappa shape index (κ2) is 4.34. The maximum Gasteiger partial charge on any atom is 0.307 e. The number of fused-ring (bicyclic) bond motifs is 3. The van der Waals surface area contributed by atoms with Crippen molar-refractivity contribution >= 4 is 5.97 Å².